The van der Waals surface area contributed by atoms with E-state index in [1.165, 1.54) is 31.1 Å². The van der Waals surface area contributed by atoms with Crippen LogP contribution in [-0.4, -0.2) is 19.3 Å². The Bertz CT molecular complexity index is 202. The van der Waals surface area contributed by atoms with Crippen LogP contribution in [0.25, 0.3) is 0 Å². The zero-order valence-corrected chi connectivity index (χ0v) is 8.69. The smallest absolute Gasteiger partial charge is 0.0302 e. The number of hydrogen-bond donors (Lipinski definition) is 2. The van der Waals surface area contributed by atoms with Crippen molar-refractivity contribution in [2.75, 3.05) is 13.1 Å². The third kappa shape index (κ3) is 2.19. The molecule has 1 aliphatic carbocycles. The zero-order valence-electron chi connectivity index (χ0n) is 8.69. The molecule has 1 aliphatic rings. The van der Waals surface area contributed by atoms with Gasteiger partial charge in [0.05, 0.1) is 0 Å². The molecule has 0 saturated heterocycles. The number of rotatable bonds is 5. The van der Waals surface area contributed by atoms with Gasteiger partial charge in [0.25, 0.3) is 0 Å². The maximum atomic E-state index is 6.94. The van der Waals surface area contributed by atoms with Crippen molar-refractivity contribution in [2.24, 2.45) is 5.41 Å². The number of nitrogens with one attached hydrogen (secondary N) is 2. The summed E-state index contributed by atoms with van der Waals surface area (Å²) >= 11 is 0. The SMILES string of the molecule is C/C=C(\C)C1(CNCC=N)CCC1. The Morgan fingerprint density at radius 3 is 2.62 bits per heavy atom. The molecule has 1 fully saturated rings. The van der Waals surface area contributed by atoms with Gasteiger partial charge in [-0.05, 0) is 26.7 Å². The highest BCUT2D eigenvalue weighted by Crippen LogP contribution is 2.46. The Kier molecular flexibility index (Phi) is 3.67. The Labute approximate surface area is 80.9 Å². The van der Waals surface area contributed by atoms with Gasteiger partial charge in [0.2, 0.25) is 0 Å². The molecule has 2 nitrogen and oxygen atoms in total. The second kappa shape index (κ2) is 4.56. The highest BCUT2D eigenvalue weighted by molar-refractivity contribution is 5.55. The summed E-state index contributed by atoms with van der Waals surface area (Å²) in [7, 11) is 0. The molecular formula is C11H20N2. The highest BCUT2D eigenvalue weighted by Gasteiger charge is 2.37. The van der Waals surface area contributed by atoms with Gasteiger partial charge in [-0.2, -0.15) is 0 Å². The molecule has 1 saturated carbocycles. The van der Waals surface area contributed by atoms with E-state index in [1.54, 1.807) is 0 Å². The standard InChI is InChI=1S/C11H20N2/c1-3-10(2)11(5-4-6-11)9-13-8-7-12/h3,7,12-13H,4-6,8-9H2,1-2H3/b10-3+,12-7?. The largest absolute Gasteiger partial charge is 0.312 e. The molecule has 0 amide bonds. The molecule has 0 spiro atoms. The Hall–Kier alpha value is -0.630. The van der Waals surface area contributed by atoms with Gasteiger partial charge in [0, 0.05) is 24.7 Å². The van der Waals surface area contributed by atoms with Gasteiger partial charge < -0.3 is 10.7 Å². The Morgan fingerprint density at radius 2 is 2.23 bits per heavy atom. The minimum atomic E-state index is 0.428. The predicted molar refractivity (Wildman–Crippen MR) is 57.4 cm³/mol. The molecule has 1 rings (SSSR count). The number of hydrogen-bond acceptors (Lipinski definition) is 2. The van der Waals surface area contributed by atoms with Crippen LogP contribution >= 0.6 is 0 Å². The van der Waals surface area contributed by atoms with Gasteiger partial charge in [0.1, 0.15) is 0 Å². The Balaban J connectivity index is 2.45. The monoisotopic (exact) mass is 180 g/mol. The van der Waals surface area contributed by atoms with Crippen molar-refractivity contribution < 1.29 is 0 Å². The third-order valence-electron chi connectivity index (χ3n) is 3.29. The van der Waals surface area contributed by atoms with Crippen molar-refractivity contribution >= 4 is 6.21 Å². The first kappa shape index (κ1) is 10.5. The highest BCUT2D eigenvalue weighted by atomic mass is 14.9. The summed E-state index contributed by atoms with van der Waals surface area (Å²) in [5, 5.41) is 10.2. The summed E-state index contributed by atoms with van der Waals surface area (Å²) in [4.78, 5) is 0. The molecule has 2 heteroatoms. The molecule has 0 radical (unpaired) electrons. The van der Waals surface area contributed by atoms with Crippen LogP contribution in [0.2, 0.25) is 0 Å². The van der Waals surface area contributed by atoms with Crippen LogP contribution < -0.4 is 5.32 Å². The maximum Gasteiger partial charge on any atom is 0.0302 e. The summed E-state index contributed by atoms with van der Waals surface area (Å²) in [6, 6.07) is 0. The number of allylic oxidation sites excluding steroid dienone is 1. The first-order chi connectivity index (χ1) is 6.25. The quantitative estimate of drug-likeness (QED) is 0.380. The molecule has 2 N–H and O–H groups in total. The van der Waals surface area contributed by atoms with Gasteiger partial charge in [-0.1, -0.05) is 18.1 Å². The minimum Gasteiger partial charge on any atom is -0.312 e. The van der Waals surface area contributed by atoms with E-state index in [4.69, 9.17) is 5.41 Å². The summed E-state index contributed by atoms with van der Waals surface area (Å²) in [6.45, 7) is 6.09. The van der Waals surface area contributed by atoms with Crippen LogP contribution in [0.3, 0.4) is 0 Å². The van der Waals surface area contributed by atoms with E-state index in [0.717, 1.165) is 6.54 Å². The Morgan fingerprint density at radius 1 is 1.54 bits per heavy atom. The van der Waals surface area contributed by atoms with Gasteiger partial charge in [-0.3, -0.25) is 0 Å². The van der Waals surface area contributed by atoms with Crippen molar-refractivity contribution in [1.82, 2.24) is 5.32 Å². The van der Waals surface area contributed by atoms with Crippen molar-refractivity contribution in [3.63, 3.8) is 0 Å². The van der Waals surface area contributed by atoms with E-state index in [0.29, 0.717) is 12.0 Å². The van der Waals surface area contributed by atoms with E-state index < -0.39 is 0 Å². The first-order valence-electron chi connectivity index (χ1n) is 5.08. The third-order valence-corrected chi connectivity index (χ3v) is 3.29. The van der Waals surface area contributed by atoms with E-state index in [1.807, 2.05) is 0 Å². The molecule has 0 atom stereocenters. The fraction of sp³-hybridized carbons (Fsp3) is 0.727. The van der Waals surface area contributed by atoms with Crippen LogP contribution in [0, 0.1) is 10.8 Å². The lowest BCUT2D eigenvalue weighted by Crippen LogP contribution is -2.41. The molecule has 0 aromatic heterocycles. The normalized spacial score (nSPS) is 20.9. The predicted octanol–water partition coefficient (Wildman–Crippen LogP) is 2.36. The summed E-state index contributed by atoms with van der Waals surface area (Å²) in [5.41, 5.74) is 1.94. The van der Waals surface area contributed by atoms with Crippen LogP contribution in [0.15, 0.2) is 11.6 Å². The van der Waals surface area contributed by atoms with Crippen molar-refractivity contribution in [3.05, 3.63) is 11.6 Å². The van der Waals surface area contributed by atoms with Gasteiger partial charge in [-0.15, -0.1) is 0 Å². The lowest BCUT2D eigenvalue weighted by atomic mass is 9.64. The molecule has 0 aliphatic heterocycles. The fourth-order valence-electron chi connectivity index (χ4n) is 2.00. The van der Waals surface area contributed by atoms with Crippen molar-refractivity contribution in [2.45, 2.75) is 33.1 Å². The maximum absolute atomic E-state index is 6.94. The van der Waals surface area contributed by atoms with E-state index in [-0.39, 0.29) is 0 Å². The summed E-state index contributed by atoms with van der Waals surface area (Å²) in [6.07, 6.45) is 7.64. The fourth-order valence-corrected chi connectivity index (χ4v) is 2.00. The topological polar surface area (TPSA) is 35.9 Å². The van der Waals surface area contributed by atoms with Crippen molar-refractivity contribution in [1.29, 1.82) is 5.41 Å². The van der Waals surface area contributed by atoms with E-state index in [2.05, 4.69) is 25.2 Å². The van der Waals surface area contributed by atoms with Crippen LogP contribution in [0.4, 0.5) is 0 Å². The molecule has 0 aromatic carbocycles. The summed E-state index contributed by atoms with van der Waals surface area (Å²) < 4.78 is 0. The molecule has 0 heterocycles. The van der Waals surface area contributed by atoms with Crippen LogP contribution in [0.1, 0.15) is 33.1 Å². The average Bonchev–Trinajstić information content (AvgIpc) is 2.08. The summed E-state index contributed by atoms with van der Waals surface area (Å²) in [5.74, 6) is 0. The second-order valence-corrected chi connectivity index (χ2v) is 3.94. The average molecular weight is 180 g/mol. The van der Waals surface area contributed by atoms with Gasteiger partial charge >= 0.3 is 0 Å². The molecular weight excluding hydrogens is 160 g/mol. The molecule has 74 valence electrons. The molecule has 13 heavy (non-hydrogen) atoms. The molecule has 0 bridgehead atoms. The molecule has 0 aromatic rings. The van der Waals surface area contributed by atoms with Crippen LogP contribution in [-0.2, 0) is 0 Å². The molecule has 0 unspecified atom stereocenters. The van der Waals surface area contributed by atoms with Crippen molar-refractivity contribution in [3.8, 4) is 0 Å². The zero-order chi connectivity index (χ0) is 9.73. The lowest BCUT2D eigenvalue weighted by Gasteiger charge is -2.43. The lowest BCUT2D eigenvalue weighted by molar-refractivity contribution is 0.182. The van der Waals surface area contributed by atoms with E-state index >= 15 is 0 Å². The van der Waals surface area contributed by atoms with Crippen LogP contribution in [0.5, 0.6) is 0 Å². The van der Waals surface area contributed by atoms with E-state index in [9.17, 15) is 0 Å². The second-order valence-electron chi connectivity index (χ2n) is 3.94. The van der Waals surface area contributed by atoms with Gasteiger partial charge in [0.15, 0.2) is 0 Å². The van der Waals surface area contributed by atoms with Gasteiger partial charge in [-0.25, -0.2) is 0 Å². The first-order valence-corrected chi connectivity index (χ1v) is 5.08. The minimum absolute atomic E-state index is 0.428.